The van der Waals surface area contributed by atoms with Crippen molar-refractivity contribution in [1.29, 1.82) is 0 Å². The number of carbonyl (C=O) groups is 1. The summed E-state index contributed by atoms with van der Waals surface area (Å²) < 4.78 is 2.11. The highest BCUT2D eigenvalue weighted by Gasteiger charge is 2.40. The Morgan fingerprint density at radius 2 is 2.14 bits per heavy atom. The molecule has 0 bridgehead atoms. The number of benzene rings is 1. The van der Waals surface area contributed by atoms with Crippen LogP contribution in [0.1, 0.15) is 18.0 Å². The van der Waals surface area contributed by atoms with Crippen LogP contribution in [0.25, 0.3) is 11.3 Å². The van der Waals surface area contributed by atoms with Crippen molar-refractivity contribution in [3.8, 4) is 11.3 Å². The van der Waals surface area contributed by atoms with Crippen LogP contribution in [0.4, 0.5) is 4.79 Å². The third-order valence-electron chi connectivity index (χ3n) is 4.83. The molecule has 1 saturated heterocycles. The van der Waals surface area contributed by atoms with Gasteiger partial charge in [0.1, 0.15) is 0 Å². The number of piperidine rings is 1. The first-order valence-electron chi connectivity index (χ1n) is 7.44. The zero-order valence-corrected chi connectivity index (χ0v) is 12.0. The standard InChI is InChI=1S/C16H17N3O3/c20-14-8-18(16(21)22)6-5-12(14)15-11-4-2-1-3-10(11)13-7-17-9-19(13)15/h1-4,7,9,12,14-15,20H,5-6,8H2,(H,21,22)/t12-,14-,15?/m1/s1. The molecule has 2 aliphatic heterocycles. The Morgan fingerprint density at radius 3 is 2.91 bits per heavy atom. The molecule has 1 amide bonds. The van der Waals surface area contributed by atoms with Crippen molar-refractivity contribution in [1.82, 2.24) is 14.5 Å². The number of fused-ring (bicyclic) bond motifs is 3. The molecule has 2 aromatic rings. The molecule has 114 valence electrons. The van der Waals surface area contributed by atoms with Crippen molar-refractivity contribution in [2.24, 2.45) is 5.92 Å². The van der Waals surface area contributed by atoms with Crippen LogP contribution in [0.15, 0.2) is 36.8 Å². The van der Waals surface area contributed by atoms with E-state index < -0.39 is 12.2 Å². The van der Waals surface area contributed by atoms with E-state index in [2.05, 4.69) is 21.7 Å². The summed E-state index contributed by atoms with van der Waals surface area (Å²) in [6.45, 7) is 0.627. The fourth-order valence-electron chi connectivity index (χ4n) is 3.80. The molecule has 3 heterocycles. The van der Waals surface area contributed by atoms with Crippen LogP contribution in [0.3, 0.4) is 0 Å². The maximum atomic E-state index is 11.1. The molecular weight excluding hydrogens is 282 g/mol. The molecule has 0 aliphatic carbocycles. The Morgan fingerprint density at radius 1 is 1.32 bits per heavy atom. The van der Waals surface area contributed by atoms with Gasteiger partial charge in [0.15, 0.2) is 0 Å². The van der Waals surface area contributed by atoms with E-state index in [4.69, 9.17) is 5.11 Å². The first-order valence-corrected chi connectivity index (χ1v) is 7.44. The summed E-state index contributed by atoms with van der Waals surface area (Å²) in [6.07, 6.45) is 2.65. The number of rotatable bonds is 1. The topological polar surface area (TPSA) is 78.6 Å². The van der Waals surface area contributed by atoms with Crippen molar-refractivity contribution in [2.75, 3.05) is 13.1 Å². The van der Waals surface area contributed by atoms with Crippen LogP contribution < -0.4 is 0 Å². The number of aliphatic hydroxyl groups excluding tert-OH is 1. The van der Waals surface area contributed by atoms with E-state index in [1.165, 1.54) is 10.5 Å². The number of aliphatic hydroxyl groups is 1. The first kappa shape index (κ1) is 13.3. The van der Waals surface area contributed by atoms with Gasteiger partial charge in [0, 0.05) is 18.0 Å². The van der Waals surface area contributed by atoms with Crippen molar-refractivity contribution >= 4 is 6.09 Å². The van der Waals surface area contributed by atoms with Gasteiger partial charge in [-0.3, -0.25) is 0 Å². The molecule has 2 N–H and O–H groups in total. The van der Waals surface area contributed by atoms with Gasteiger partial charge in [-0.1, -0.05) is 24.3 Å². The predicted molar refractivity (Wildman–Crippen MR) is 79.5 cm³/mol. The van der Waals surface area contributed by atoms with E-state index in [0.29, 0.717) is 13.0 Å². The summed E-state index contributed by atoms with van der Waals surface area (Å²) in [5.41, 5.74) is 3.40. The van der Waals surface area contributed by atoms with Crippen molar-refractivity contribution in [3.63, 3.8) is 0 Å². The molecule has 6 heteroatoms. The Balaban J connectivity index is 1.70. The molecule has 1 aromatic heterocycles. The van der Waals surface area contributed by atoms with Crippen LogP contribution in [0.2, 0.25) is 0 Å². The average molecular weight is 299 g/mol. The molecule has 4 rings (SSSR count). The lowest BCUT2D eigenvalue weighted by molar-refractivity contribution is 0.0111. The number of carboxylic acid groups (broad SMARTS) is 1. The first-order chi connectivity index (χ1) is 10.7. The number of likely N-dealkylation sites (tertiary alicyclic amines) is 1. The van der Waals surface area contributed by atoms with Crippen molar-refractivity contribution in [3.05, 3.63) is 42.4 Å². The lowest BCUT2D eigenvalue weighted by Crippen LogP contribution is -2.48. The summed E-state index contributed by atoms with van der Waals surface area (Å²) >= 11 is 0. The Hall–Kier alpha value is -2.34. The van der Waals surface area contributed by atoms with Gasteiger partial charge in [0.25, 0.3) is 0 Å². The summed E-state index contributed by atoms with van der Waals surface area (Å²) in [5.74, 6) is -0.00722. The number of imidazole rings is 1. The van der Waals surface area contributed by atoms with Crippen LogP contribution in [0, 0.1) is 5.92 Å². The molecule has 2 aliphatic rings. The fourth-order valence-corrected chi connectivity index (χ4v) is 3.80. The minimum atomic E-state index is -0.965. The third-order valence-corrected chi connectivity index (χ3v) is 4.83. The number of hydrogen-bond donors (Lipinski definition) is 2. The van der Waals surface area contributed by atoms with Gasteiger partial charge in [-0.05, 0) is 12.0 Å². The highest BCUT2D eigenvalue weighted by molar-refractivity contribution is 5.69. The molecule has 1 aromatic carbocycles. The minimum Gasteiger partial charge on any atom is -0.465 e. The Bertz CT molecular complexity index is 727. The number of amides is 1. The van der Waals surface area contributed by atoms with Gasteiger partial charge in [-0.15, -0.1) is 0 Å². The van der Waals surface area contributed by atoms with Crippen molar-refractivity contribution < 1.29 is 15.0 Å². The molecule has 0 radical (unpaired) electrons. The molecular formula is C16H17N3O3. The van der Waals surface area contributed by atoms with Gasteiger partial charge in [-0.2, -0.15) is 0 Å². The van der Waals surface area contributed by atoms with E-state index in [1.807, 2.05) is 18.3 Å². The predicted octanol–water partition coefficient (Wildman–Crippen LogP) is 1.81. The van der Waals surface area contributed by atoms with E-state index in [1.54, 1.807) is 6.33 Å². The van der Waals surface area contributed by atoms with E-state index in [-0.39, 0.29) is 18.5 Å². The van der Waals surface area contributed by atoms with Gasteiger partial charge in [-0.25, -0.2) is 9.78 Å². The monoisotopic (exact) mass is 299 g/mol. The quantitative estimate of drug-likeness (QED) is 0.842. The number of β-amino-alcohol motifs (C(OH)–C–C–N with tert-alkyl or cyclic N) is 1. The van der Waals surface area contributed by atoms with E-state index >= 15 is 0 Å². The maximum absolute atomic E-state index is 11.1. The summed E-state index contributed by atoms with van der Waals surface area (Å²) in [6, 6.07) is 8.19. The van der Waals surface area contributed by atoms with E-state index in [0.717, 1.165) is 11.3 Å². The third kappa shape index (κ3) is 1.84. The number of hydrogen-bond acceptors (Lipinski definition) is 3. The SMILES string of the molecule is O=C(O)N1CC[C@@H](C2c3ccccc3-c3cncn32)[C@H](O)C1. The van der Waals surface area contributed by atoms with Crippen LogP contribution in [-0.2, 0) is 0 Å². The summed E-state index contributed by atoms with van der Waals surface area (Å²) in [7, 11) is 0. The largest absolute Gasteiger partial charge is 0.465 e. The summed E-state index contributed by atoms with van der Waals surface area (Å²) in [5, 5.41) is 19.6. The normalized spacial score (nSPS) is 26.6. The smallest absolute Gasteiger partial charge is 0.407 e. The molecule has 0 spiro atoms. The summed E-state index contributed by atoms with van der Waals surface area (Å²) in [4.78, 5) is 16.6. The second-order valence-corrected chi connectivity index (χ2v) is 5.97. The second kappa shape index (κ2) is 4.84. The van der Waals surface area contributed by atoms with E-state index in [9.17, 15) is 9.90 Å². The second-order valence-electron chi connectivity index (χ2n) is 5.97. The Kier molecular flexibility index (Phi) is 2.94. The maximum Gasteiger partial charge on any atom is 0.407 e. The molecule has 1 unspecified atom stereocenters. The molecule has 22 heavy (non-hydrogen) atoms. The molecule has 0 saturated carbocycles. The average Bonchev–Trinajstić information content (AvgIpc) is 3.08. The lowest BCUT2D eigenvalue weighted by Gasteiger charge is -2.38. The number of nitrogens with zero attached hydrogens (tertiary/aromatic N) is 3. The van der Waals surface area contributed by atoms with Crippen LogP contribution >= 0.6 is 0 Å². The van der Waals surface area contributed by atoms with Gasteiger partial charge >= 0.3 is 6.09 Å². The highest BCUT2D eigenvalue weighted by atomic mass is 16.4. The van der Waals surface area contributed by atoms with Gasteiger partial charge < -0.3 is 19.7 Å². The van der Waals surface area contributed by atoms with Crippen LogP contribution in [0.5, 0.6) is 0 Å². The zero-order chi connectivity index (χ0) is 15.3. The lowest BCUT2D eigenvalue weighted by atomic mass is 9.83. The fraction of sp³-hybridized carbons (Fsp3) is 0.375. The molecule has 6 nitrogen and oxygen atoms in total. The zero-order valence-electron chi connectivity index (χ0n) is 12.0. The van der Waals surface area contributed by atoms with Crippen LogP contribution in [-0.4, -0.2) is 50.0 Å². The van der Waals surface area contributed by atoms with Gasteiger partial charge in [0.05, 0.1) is 36.9 Å². The van der Waals surface area contributed by atoms with Gasteiger partial charge in [0.2, 0.25) is 0 Å². The molecule has 1 fully saturated rings. The minimum absolute atomic E-state index is 0.00722. The highest BCUT2D eigenvalue weighted by Crippen LogP contribution is 2.45. The van der Waals surface area contributed by atoms with Crippen molar-refractivity contribution in [2.45, 2.75) is 18.6 Å². The number of aromatic nitrogens is 2. The molecule has 3 atom stereocenters. The Labute approximate surface area is 127 Å².